The summed E-state index contributed by atoms with van der Waals surface area (Å²) in [5.74, 6) is 0. The van der Waals surface area contributed by atoms with Crippen molar-refractivity contribution in [2.45, 2.75) is 47.0 Å². The zero-order valence-corrected chi connectivity index (χ0v) is 9.77. The summed E-state index contributed by atoms with van der Waals surface area (Å²) in [6, 6.07) is 0. The quantitative estimate of drug-likeness (QED) is 0.546. The summed E-state index contributed by atoms with van der Waals surface area (Å²) < 4.78 is 0. The third kappa shape index (κ3) is 5.87. The third-order valence-corrected chi connectivity index (χ3v) is 2.50. The zero-order valence-electron chi connectivity index (χ0n) is 9.77. The molecule has 0 saturated heterocycles. The molecule has 0 aromatic rings. The maximum absolute atomic E-state index is 2.48. The highest BCUT2D eigenvalue weighted by Crippen LogP contribution is 2.06. The van der Waals surface area contributed by atoms with Gasteiger partial charge in [0.1, 0.15) is 0 Å². The van der Waals surface area contributed by atoms with Crippen LogP contribution in [0, 0.1) is 0 Å². The Morgan fingerprint density at radius 1 is 1.08 bits per heavy atom. The summed E-state index contributed by atoms with van der Waals surface area (Å²) >= 11 is 0. The molecule has 0 atom stereocenters. The van der Waals surface area contributed by atoms with Gasteiger partial charge < -0.3 is 0 Å². The Balaban J connectivity index is 3.94. The van der Waals surface area contributed by atoms with Gasteiger partial charge in [0.15, 0.2) is 0 Å². The number of allylic oxidation sites excluding steroid dienone is 1. The molecule has 13 heavy (non-hydrogen) atoms. The van der Waals surface area contributed by atoms with E-state index in [1.54, 1.807) is 5.57 Å². The molecule has 1 heteroatoms. The summed E-state index contributed by atoms with van der Waals surface area (Å²) in [4.78, 5) is 2.48. The minimum atomic E-state index is 1.17. The lowest BCUT2D eigenvalue weighted by Crippen LogP contribution is -2.25. The van der Waals surface area contributed by atoms with Crippen molar-refractivity contribution in [2.75, 3.05) is 19.6 Å². The maximum atomic E-state index is 2.48. The number of likely N-dealkylation sites (N-methyl/N-ethyl adjacent to an activating group) is 1. The lowest BCUT2D eigenvalue weighted by molar-refractivity contribution is 0.327. The number of hydrogen-bond donors (Lipinski definition) is 0. The minimum Gasteiger partial charge on any atom is -0.300 e. The zero-order chi connectivity index (χ0) is 10.1. The van der Waals surface area contributed by atoms with Gasteiger partial charge in [0.2, 0.25) is 0 Å². The monoisotopic (exact) mass is 183 g/mol. The fraction of sp³-hybridized carbons (Fsp3) is 0.833. The van der Waals surface area contributed by atoms with E-state index in [2.05, 4.69) is 38.7 Å². The lowest BCUT2D eigenvalue weighted by Gasteiger charge is -2.19. The van der Waals surface area contributed by atoms with Gasteiger partial charge in [-0.2, -0.15) is 0 Å². The van der Waals surface area contributed by atoms with Crippen LogP contribution in [-0.2, 0) is 0 Å². The largest absolute Gasteiger partial charge is 0.300 e. The first-order chi connectivity index (χ1) is 6.28. The topological polar surface area (TPSA) is 3.24 Å². The molecule has 0 spiro atoms. The second-order valence-electron chi connectivity index (χ2n) is 3.47. The molecule has 0 rings (SSSR count). The molecule has 78 valence electrons. The Morgan fingerprint density at radius 2 is 1.69 bits per heavy atom. The number of rotatable bonds is 7. The van der Waals surface area contributed by atoms with Crippen LogP contribution < -0.4 is 0 Å². The van der Waals surface area contributed by atoms with E-state index >= 15 is 0 Å². The summed E-state index contributed by atoms with van der Waals surface area (Å²) in [5.41, 5.74) is 1.60. The molecule has 0 heterocycles. The summed E-state index contributed by atoms with van der Waals surface area (Å²) in [6.07, 6.45) is 6.13. The molecule has 0 N–H and O–H groups in total. The van der Waals surface area contributed by atoms with Crippen LogP contribution in [0.5, 0.6) is 0 Å². The standard InChI is InChI=1S/C12H25N/c1-5-9-10-12(6-2)11-13(7-3)8-4/h10H,5-9,11H2,1-4H3/b12-10+. The first-order valence-electron chi connectivity index (χ1n) is 5.68. The molecule has 0 bridgehead atoms. The molecule has 1 nitrogen and oxygen atoms in total. The second-order valence-corrected chi connectivity index (χ2v) is 3.47. The molecule has 0 saturated carbocycles. The highest BCUT2D eigenvalue weighted by molar-refractivity contribution is 5.03. The Kier molecular flexibility index (Phi) is 8.11. The molecule has 0 fully saturated rings. The van der Waals surface area contributed by atoms with E-state index in [0.717, 1.165) is 0 Å². The summed E-state index contributed by atoms with van der Waals surface area (Å²) in [5, 5.41) is 0. The molecule has 0 aliphatic rings. The number of nitrogens with zero attached hydrogens (tertiary/aromatic N) is 1. The SMILES string of the molecule is CCC/C=C(\CC)CN(CC)CC. The van der Waals surface area contributed by atoms with Crippen molar-refractivity contribution >= 4 is 0 Å². The van der Waals surface area contributed by atoms with E-state index in [1.165, 1.54) is 38.9 Å². The van der Waals surface area contributed by atoms with Crippen molar-refractivity contribution in [3.05, 3.63) is 11.6 Å². The first kappa shape index (κ1) is 12.7. The fourth-order valence-electron chi connectivity index (χ4n) is 1.40. The van der Waals surface area contributed by atoms with Crippen molar-refractivity contribution in [3.8, 4) is 0 Å². The molecule has 0 aliphatic carbocycles. The van der Waals surface area contributed by atoms with Crippen LogP contribution >= 0.6 is 0 Å². The van der Waals surface area contributed by atoms with Gasteiger partial charge in [0, 0.05) is 6.54 Å². The smallest absolute Gasteiger partial charge is 0.0192 e. The fourth-order valence-corrected chi connectivity index (χ4v) is 1.40. The minimum absolute atomic E-state index is 1.17. The van der Waals surface area contributed by atoms with E-state index in [-0.39, 0.29) is 0 Å². The van der Waals surface area contributed by atoms with Gasteiger partial charge in [-0.15, -0.1) is 0 Å². The van der Waals surface area contributed by atoms with Crippen LogP contribution in [0.2, 0.25) is 0 Å². The van der Waals surface area contributed by atoms with Gasteiger partial charge in [-0.1, -0.05) is 45.8 Å². The van der Waals surface area contributed by atoms with Gasteiger partial charge in [-0.05, 0) is 25.9 Å². The van der Waals surface area contributed by atoms with Crippen molar-refractivity contribution < 1.29 is 0 Å². The lowest BCUT2D eigenvalue weighted by atomic mass is 10.1. The van der Waals surface area contributed by atoms with Gasteiger partial charge >= 0.3 is 0 Å². The van der Waals surface area contributed by atoms with E-state index in [9.17, 15) is 0 Å². The average Bonchev–Trinajstić information content (AvgIpc) is 2.19. The van der Waals surface area contributed by atoms with Crippen LogP contribution in [0.1, 0.15) is 47.0 Å². The van der Waals surface area contributed by atoms with E-state index < -0.39 is 0 Å². The number of unbranched alkanes of at least 4 members (excludes halogenated alkanes) is 1. The highest BCUT2D eigenvalue weighted by Gasteiger charge is 2.01. The predicted molar refractivity (Wildman–Crippen MR) is 61.1 cm³/mol. The maximum Gasteiger partial charge on any atom is 0.0192 e. The molecule has 0 unspecified atom stereocenters. The van der Waals surface area contributed by atoms with Gasteiger partial charge in [0.05, 0.1) is 0 Å². The highest BCUT2D eigenvalue weighted by atomic mass is 15.1. The molecule has 0 aromatic carbocycles. The average molecular weight is 183 g/mol. The Bertz CT molecular complexity index is 134. The normalized spacial score (nSPS) is 12.5. The Morgan fingerprint density at radius 3 is 2.08 bits per heavy atom. The van der Waals surface area contributed by atoms with E-state index in [4.69, 9.17) is 0 Å². The van der Waals surface area contributed by atoms with E-state index in [1.807, 2.05) is 0 Å². The molecular formula is C12H25N. The van der Waals surface area contributed by atoms with Gasteiger partial charge in [-0.3, -0.25) is 4.90 Å². The Labute approximate surface area is 83.8 Å². The predicted octanol–water partition coefficient (Wildman–Crippen LogP) is 3.46. The van der Waals surface area contributed by atoms with Crippen LogP contribution in [0.15, 0.2) is 11.6 Å². The number of hydrogen-bond acceptors (Lipinski definition) is 1. The van der Waals surface area contributed by atoms with Crippen molar-refractivity contribution in [1.82, 2.24) is 4.90 Å². The molecule has 0 radical (unpaired) electrons. The summed E-state index contributed by atoms with van der Waals surface area (Å²) in [6.45, 7) is 12.5. The first-order valence-corrected chi connectivity index (χ1v) is 5.68. The third-order valence-electron chi connectivity index (χ3n) is 2.50. The molecule has 0 aliphatic heterocycles. The van der Waals surface area contributed by atoms with Crippen molar-refractivity contribution in [3.63, 3.8) is 0 Å². The molecule has 0 aromatic heterocycles. The van der Waals surface area contributed by atoms with Crippen LogP contribution in [0.25, 0.3) is 0 Å². The van der Waals surface area contributed by atoms with Crippen molar-refractivity contribution in [1.29, 1.82) is 0 Å². The van der Waals surface area contributed by atoms with Gasteiger partial charge in [-0.25, -0.2) is 0 Å². The van der Waals surface area contributed by atoms with E-state index in [0.29, 0.717) is 0 Å². The van der Waals surface area contributed by atoms with Crippen LogP contribution in [-0.4, -0.2) is 24.5 Å². The van der Waals surface area contributed by atoms with Crippen molar-refractivity contribution in [2.24, 2.45) is 0 Å². The second kappa shape index (κ2) is 8.31. The van der Waals surface area contributed by atoms with Crippen LogP contribution in [0.3, 0.4) is 0 Å². The summed E-state index contributed by atoms with van der Waals surface area (Å²) in [7, 11) is 0. The molecule has 0 amide bonds. The van der Waals surface area contributed by atoms with Crippen LogP contribution in [0.4, 0.5) is 0 Å². The Hall–Kier alpha value is -0.300. The molecular weight excluding hydrogens is 158 g/mol. The van der Waals surface area contributed by atoms with Gasteiger partial charge in [0.25, 0.3) is 0 Å².